The van der Waals surface area contributed by atoms with Gasteiger partial charge in [0.2, 0.25) is 0 Å². The second-order valence-corrected chi connectivity index (χ2v) is 40.3. The van der Waals surface area contributed by atoms with Crippen molar-refractivity contribution in [3.63, 3.8) is 0 Å². The van der Waals surface area contributed by atoms with E-state index in [0.29, 0.717) is 0 Å². The minimum atomic E-state index is 0. The van der Waals surface area contributed by atoms with Crippen molar-refractivity contribution in [3.05, 3.63) is 263 Å². The van der Waals surface area contributed by atoms with Crippen molar-refractivity contribution in [2.45, 2.75) is 107 Å². The van der Waals surface area contributed by atoms with Gasteiger partial charge in [0.15, 0.2) is 0 Å². The molecule has 0 aliphatic heterocycles. The van der Waals surface area contributed by atoms with E-state index >= 15 is 0 Å². The smallest absolute Gasteiger partial charge is 1.00 e. The summed E-state index contributed by atoms with van der Waals surface area (Å²) >= 11 is 3.48. The van der Waals surface area contributed by atoms with Crippen LogP contribution in [-0.2, 0) is 72.4 Å². The molecule has 0 atom stereocenters. The topological polar surface area (TPSA) is 0 Å². The van der Waals surface area contributed by atoms with Crippen LogP contribution in [0.5, 0.6) is 0 Å². The van der Waals surface area contributed by atoms with Crippen LogP contribution < -0.4 is 24.8 Å². The average Bonchev–Trinajstić information content (AvgIpc) is 4.29. The Bertz CT molecular complexity index is 3480. The van der Waals surface area contributed by atoms with Crippen molar-refractivity contribution < 1.29 is 71.5 Å². The van der Waals surface area contributed by atoms with Gasteiger partial charge in [0.05, 0.1) is 0 Å². The molecule has 12 aromatic rings. The minimum Gasteiger partial charge on any atom is -1.00 e. The van der Waals surface area contributed by atoms with Gasteiger partial charge in [-0.1, -0.05) is 194 Å². The summed E-state index contributed by atoms with van der Waals surface area (Å²) in [5.74, 6) is 0. The second-order valence-electron chi connectivity index (χ2n) is 21.6. The molecule has 0 aliphatic carbocycles. The molecular weight excluding hydrogens is 1220 g/mol. The van der Waals surface area contributed by atoms with Crippen molar-refractivity contribution in [2.75, 3.05) is 0 Å². The van der Waals surface area contributed by atoms with E-state index < -0.39 is 0 Å². The SMILES string of the molecule is CCc1cc2c(-c3cccc(C)c3)cccc2[cH-]1.CCc1cc2c(-c3cccc(C)c3)cccc2[cH-]1.CCc1cc2c(-c3cccc(C)c3)cccc2[cH-]1.CCc1cc2c(-c3cccc(C)c3)cccc2[cH-]1.C[Si](C)=[Zr+2].C[Si](C)=[Zr+2].[Cl-].[Cl-]. The number of halogens is 2. The first-order valence-corrected chi connectivity index (χ1v) is 41.0. The fourth-order valence-corrected chi connectivity index (χ4v) is 10.3. The third-order valence-electron chi connectivity index (χ3n) is 14.2. The van der Waals surface area contributed by atoms with E-state index in [1.165, 1.54) is 132 Å². The molecule has 6 heteroatoms. The summed E-state index contributed by atoms with van der Waals surface area (Å²) < 4.78 is 0. The molecule has 0 bridgehead atoms. The van der Waals surface area contributed by atoms with E-state index in [4.69, 9.17) is 0 Å². The summed E-state index contributed by atoms with van der Waals surface area (Å²) in [6.45, 7) is 26.6. The van der Waals surface area contributed by atoms with Gasteiger partial charge < -0.3 is 24.8 Å². The molecule has 0 saturated heterocycles. The summed E-state index contributed by atoms with van der Waals surface area (Å²) in [6, 6.07) is 79.7. The van der Waals surface area contributed by atoms with E-state index in [1.54, 1.807) is 46.7 Å². The molecule has 12 rings (SSSR count). The first kappa shape index (κ1) is 67.8. The van der Waals surface area contributed by atoms with Crippen molar-refractivity contribution in [2.24, 2.45) is 0 Å². The van der Waals surface area contributed by atoms with Crippen molar-refractivity contribution in [1.82, 2.24) is 0 Å². The van der Waals surface area contributed by atoms with Crippen LogP contribution in [0.4, 0.5) is 0 Å². The van der Waals surface area contributed by atoms with Gasteiger partial charge in [-0.25, -0.2) is 0 Å². The van der Waals surface area contributed by atoms with Gasteiger partial charge in [-0.05, 0) is 75.6 Å². The summed E-state index contributed by atoms with van der Waals surface area (Å²) in [4.78, 5) is 0. The Kier molecular flexibility index (Phi) is 27.7. The molecule has 0 heterocycles. The van der Waals surface area contributed by atoms with Gasteiger partial charge in [0.25, 0.3) is 0 Å². The van der Waals surface area contributed by atoms with Crippen molar-refractivity contribution >= 4 is 54.0 Å². The maximum Gasteiger partial charge on any atom is -1.00 e. The van der Waals surface area contributed by atoms with Crippen LogP contribution in [0.15, 0.2) is 218 Å². The molecule has 0 aliphatic rings. The Morgan fingerprint density at radius 2 is 0.476 bits per heavy atom. The van der Waals surface area contributed by atoms with Crippen molar-refractivity contribution in [3.8, 4) is 44.5 Å². The third kappa shape index (κ3) is 19.0. The van der Waals surface area contributed by atoms with Gasteiger partial charge in [-0.2, -0.15) is 24.3 Å². The Hall–Kier alpha value is -5.02. The quantitative estimate of drug-likeness (QED) is 0.105. The molecule has 12 aromatic carbocycles. The molecule has 0 saturated carbocycles. The fourth-order valence-electron chi connectivity index (χ4n) is 10.3. The summed E-state index contributed by atoms with van der Waals surface area (Å²) in [7, 11) is 0. The monoisotopic (exact) mass is 1300 g/mol. The second kappa shape index (κ2) is 33.5. The molecule has 0 spiro atoms. The molecule has 0 nitrogen and oxygen atoms in total. The van der Waals surface area contributed by atoms with Crippen LogP contribution in [0.3, 0.4) is 0 Å². The van der Waals surface area contributed by atoms with E-state index in [1.807, 2.05) is 0 Å². The van der Waals surface area contributed by atoms with E-state index in [0.717, 1.165) is 25.7 Å². The molecular formula is C76H80Cl2Si2Zr2-2. The normalized spacial score (nSPS) is 10.3. The Labute approximate surface area is 534 Å². The van der Waals surface area contributed by atoms with Crippen LogP contribution in [0.1, 0.15) is 72.2 Å². The molecule has 82 heavy (non-hydrogen) atoms. The molecule has 416 valence electrons. The maximum atomic E-state index is 2.33. The molecule has 0 unspecified atom stereocenters. The Morgan fingerprint density at radius 1 is 0.293 bits per heavy atom. The molecule has 0 aromatic heterocycles. The zero-order valence-electron chi connectivity index (χ0n) is 50.4. The van der Waals surface area contributed by atoms with Crippen LogP contribution in [0.2, 0.25) is 26.2 Å². The van der Waals surface area contributed by atoms with Crippen molar-refractivity contribution in [1.29, 1.82) is 0 Å². The largest absolute Gasteiger partial charge is 1.00 e. The van der Waals surface area contributed by atoms with Crippen LogP contribution in [-0.4, -0.2) is 10.9 Å². The zero-order chi connectivity index (χ0) is 57.3. The van der Waals surface area contributed by atoms with Gasteiger partial charge in [-0.15, -0.1) is 138 Å². The average molecular weight is 1300 g/mol. The molecule has 0 radical (unpaired) electrons. The third-order valence-corrected chi connectivity index (χ3v) is 14.2. The number of fused-ring (bicyclic) bond motifs is 4. The predicted molar refractivity (Wildman–Crippen MR) is 351 cm³/mol. The molecule has 0 amide bonds. The Balaban J connectivity index is 0.000000190. The molecule has 0 N–H and O–H groups in total. The van der Waals surface area contributed by atoms with Crippen LogP contribution in [0, 0.1) is 27.7 Å². The fraction of sp³-hybridized carbons (Fsp3) is 0.211. The maximum absolute atomic E-state index is 2.33. The Morgan fingerprint density at radius 3 is 0.646 bits per heavy atom. The first-order valence-electron chi connectivity index (χ1n) is 28.6. The number of hydrogen-bond donors (Lipinski definition) is 0. The molecule has 0 fully saturated rings. The van der Waals surface area contributed by atoms with Gasteiger partial charge in [0, 0.05) is 0 Å². The summed E-state index contributed by atoms with van der Waals surface area (Å²) in [5, 5.41) is 10.9. The van der Waals surface area contributed by atoms with E-state index in [2.05, 4.69) is 300 Å². The number of benzene rings is 8. The van der Waals surface area contributed by atoms with Gasteiger partial charge >= 0.3 is 83.7 Å². The number of hydrogen-bond acceptors (Lipinski definition) is 0. The predicted octanol–water partition coefficient (Wildman–Crippen LogP) is 16.0. The zero-order valence-corrected chi connectivity index (χ0v) is 58.8. The summed E-state index contributed by atoms with van der Waals surface area (Å²) in [6.07, 6.45) is 4.40. The first-order chi connectivity index (χ1) is 38.6. The minimum absolute atomic E-state index is 0. The van der Waals surface area contributed by atoms with Crippen LogP contribution >= 0.6 is 0 Å². The summed E-state index contributed by atoms with van der Waals surface area (Å²) in [5.41, 5.74) is 22.0. The van der Waals surface area contributed by atoms with E-state index in [9.17, 15) is 0 Å². The number of rotatable bonds is 8. The van der Waals surface area contributed by atoms with Gasteiger partial charge in [0.1, 0.15) is 0 Å². The van der Waals surface area contributed by atoms with Gasteiger partial charge in [-0.3, -0.25) is 0 Å². The van der Waals surface area contributed by atoms with Crippen LogP contribution in [0.25, 0.3) is 87.6 Å². The standard InChI is InChI=1S/4C18H17.2C2H6Si.2ClH.2Zr/c4*1-3-14-11-16-8-5-9-17(18(16)12-14)15-7-4-6-13(2)10-15;2*1-3-2;;;;/h4*4-12H,3H2,1-2H3;2*1-2H3;2*1H;;/q4*-1;;;;;2*+2/p-2. The number of aryl methyl sites for hydroxylation is 8. The van der Waals surface area contributed by atoms with E-state index in [-0.39, 0.29) is 35.7 Å².